The fraction of sp³-hybridized carbons (Fsp3) is 0.417. The van der Waals surface area contributed by atoms with Crippen molar-refractivity contribution < 1.29 is 9.18 Å². The van der Waals surface area contributed by atoms with Crippen LogP contribution in [-0.2, 0) is 0 Å². The van der Waals surface area contributed by atoms with Crippen LogP contribution in [0.25, 0.3) is 0 Å². The Kier molecular flexibility index (Phi) is 3.49. The van der Waals surface area contributed by atoms with Crippen molar-refractivity contribution in [2.45, 2.75) is 18.8 Å². The molecule has 86 valence electrons. The Morgan fingerprint density at radius 3 is 2.69 bits per heavy atom. The molecule has 1 amide bonds. The van der Waals surface area contributed by atoms with Gasteiger partial charge in [-0.25, -0.2) is 4.39 Å². The first kappa shape index (κ1) is 11.5. The fourth-order valence-corrected chi connectivity index (χ4v) is 3.26. The van der Waals surface area contributed by atoms with Gasteiger partial charge < -0.3 is 5.73 Å². The number of hydrogen-bond donors (Lipinski definition) is 1. The van der Waals surface area contributed by atoms with Crippen LogP contribution in [-0.4, -0.2) is 17.4 Å². The van der Waals surface area contributed by atoms with Crippen LogP contribution in [0, 0.1) is 5.82 Å². The lowest BCUT2D eigenvalue weighted by Gasteiger charge is -2.23. The van der Waals surface area contributed by atoms with Gasteiger partial charge >= 0.3 is 0 Å². The van der Waals surface area contributed by atoms with Gasteiger partial charge in [-0.3, -0.25) is 4.79 Å². The Bertz CT molecular complexity index is 402. The first-order valence-corrected chi connectivity index (χ1v) is 6.51. The largest absolute Gasteiger partial charge is 0.365 e. The summed E-state index contributed by atoms with van der Waals surface area (Å²) in [5, 5.41) is 0. The minimum atomic E-state index is -0.661. The van der Waals surface area contributed by atoms with Gasteiger partial charge in [-0.15, -0.1) is 0 Å². The van der Waals surface area contributed by atoms with Crippen molar-refractivity contribution in [2.24, 2.45) is 5.73 Å². The van der Waals surface area contributed by atoms with Gasteiger partial charge in [-0.2, -0.15) is 11.8 Å². The second-order valence-electron chi connectivity index (χ2n) is 3.95. The third-order valence-electron chi connectivity index (χ3n) is 2.95. The summed E-state index contributed by atoms with van der Waals surface area (Å²) in [5.74, 6) is 1.26. The third-order valence-corrected chi connectivity index (χ3v) is 4.00. The molecule has 2 rings (SSSR count). The van der Waals surface area contributed by atoms with E-state index in [1.165, 1.54) is 6.07 Å². The van der Waals surface area contributed by atoms with E-state index in [9.17, 15) is 9.18 Å². The maximum absolute atomic E-state index is 13.5. The summed E-state index contributed by atoms with van der Waals surface area (Å²) in [6.07, 6.45) is 1.99. The minimum Gasteiger partial charge on any atom is -0.365 e. The number of hydrogen-bond acceptors (Lipinski definition) is 2. The maximum atomic E-state index is 13.5. The molecule has 2 nitrogen and oxygen atoms in total. The second kappa shape index (κ2) is 4.87. The summed E-state index contributed by atoms with van der Waals surface area (Å²) in [4.78, 5) is 11.3. The highest BCUT2D eigenvalue weighted by Crippen LogP contribution is 2.33. The highest BCUT2D eigenvalue weighted by atomic mass is 32.2. The molecule has 1 aliphatic heterocycles. The van der Waals surface area contributed by atoms with Crippen molar-refractivity contribution in [3.63, 3.8) is 0 Å². The van der Waals surface area contributed by atoms with Crippen LogP contribution in [0.3, 0.4) is 0 Å². The van der Waals surface area contributed by atoms with E-state index in [-0.39, 0.29) is 11.5 Å². The van der Waals surface area contributed by atoms with Gasteiger partial charge in [0.15, 0.2) is 0 Å². The third kappa shape index (κ3) is 2.21. The summed E-state index contributed by atoms with van der Waals surface area (Å²) in [6, 6.07) is 4.77. The number of benzene rings is 1. The molecule has 0 atom stereocenters. The molecule has 0 unspecified atom stereocenters. The Morgan fingerprint density at radius 1 is 1.38 bits per heavy atom. The van der Waals surface area contributed by atoms with E-state index in [1.54, 1.807) is 6.07 Å². The summed E-state index contributed by atoms with van der Waals surface area (Å²) in [6.45, 7) is 0. The summed E-state index contributed by atoms with van der Waals surface area (Å²) in [5.41, 5.74) is 6.11. The van der Waals surface area contributed by atoms with Crippen LogP contribution < -0.4 is 5.73 Å². The number of carbonyl (C=O) groups excluding carboxylic acids is 1. The van der Waals surface area contributed by atoms with Gasteiger partial charge in [0.25, 0.3) is 5.91 Å². The molecular formula is C12H14FNOS. The van der Waals surface area contributed by atoms with E-state index in [4.69, 9.17) is 5.73 Å². The maximum Gasteiger partial charge on any atom is 0.251 e. The van der Waals surface area contributed by atoms with Crippen molar-refractivity contribution >= 4 is 17.7 Å². The average Bonchev–Trinajstić information content (AvgIpc) is 2.29. The predicted octanol–water partition coefficient (Wildman–Crippen LogP) is 2.54. The molecule has 0 aliphatic carbocycles. The van der Waals surface area contributed by atoms with Crippen LogP contribution in [0.4, 0.5) is 4.39 Å². The van der Waals surface area contributed by atoms with Crippen molar-refractivity contribution in [1.82, 2.24) is 0 Å². The van der Waals surface area contributed by atoms with E-state index in [2.05, 4.69) is 0 Å². The van der Waals surface area contributed by atoms with Gasteiger partial charge in [0.2, 0.25) is 0 Å². The van der Waals surface area contributed by atoms with Crippen LogP contribution in [0.5, 0.6) is 0 Å². The predicted molar refractivity (Wildman–Crippen MR) is 64.2 cm³/mol. The van der Waals surface area contributed by atoms with Gasteiger partial charge in [0.05, 0.1) is 5.56 Å². The summed E-state index contributed by atoms with van der Waals surface area (Å²) < 4.78 is 13.5. The Hall–Kier alpha value is -1.03. The molecule has 1 saturated heterocycles. The standard InChI is InChI=1S/C12H14FNOS/c13-10-3-1-2-9(11(10)12(14)15)8-4-6-16-7-5-8/h1-3,8H,4-7H2,(H2,14,15). The molecule has 4 heteroatoms. The van der Waals surface area contributed by atoms with Gasteiger partial charge in [0, 0.05) is 0 Å². The molecule has 1 aliphatic rings. The quantitative estimate of drug-likeness (QED) is 0.861. The van der Waals surface area contributed by atoms with Crippen LogP contribution >= 0.6 is 11.8 Å². The fourth-order valence-electron chi connectivity index (χ4n) is 2.15. The molecule has 2 N–H and O–H groups in total. The molecule has 1 aromatic carbocycles. The molecule has 16 heavy (non-hydrogen) atoms. The number of rotatable bonds is 2. The number of nitrogens with two attached hydrogens (primary N) is 1. The zero-order valence-corrected chi connectivity index (χ0v) is 9.73. The number of amides is 1. The lowest BCUT2D eigenvalue weighted by Crippen LogP contribution is -2.19. The highest BCUT2D eigenvalue weighted by molar-refractivity contribution is 7.99. The molecule has 1 heterocycles. The number of primary amides is 1. The van der Waals surface area contributed by atoms with Gasteiger partial charge in [-0.1, -0.05) is 12.1 Å². The van der Waals surface area contributed by atoms with Crippen molar-refractivity contribution in [3.05, 3.63) is 35.1 Å². The van der Waals surface area contributed by atoms with E-state index >= 15 is 0 Å². The Labute approximate surface area is 98.4 Å². The molecule has 0 radical (unpaired) electrons. The lowest BCUT2D eigenvalue weighted by molar-refractivity contribution is 0.0995. The average molecular weight is 239 g/mol. The first-order valence-electron chi connectivity index (χ1n) is 5.36. The van der Waals surface area contributed by atoms with Crippen LogP contribution in [0.15, 0.2) is 18.2 Å². The van der Waals surface area contributed by atoms with E-state index < -0.39 is 11.7 Å². The number of carbonyl (C=O) groups is 1. The molecule has 0 bridgehead atoms. The number of halogens is 1. The summed E-state index contributed by atoms with van der Waals surface area (Å²) in [7, 11) is 0. The van der Waals surface area contributed by atoms with Crippen LogP contribution in [0.2, 0.25) is 0 Å². The van der Waals surface area contributed by atoms with Gasteiger partial charge in [-0.05, 0) is 41.9 Å². The van der Waals surface area contributed by atoms with Crippen molar-refractivity contribution in [3.8, 4) is 0 Å². The molecule has 0 saturated carbocycles. The normalized spacial score (nSPS) is 17.3. The SMILES string of the molecule is NC(=O)c1c(F)cccc1C1CCSCC1. The second-order valence-corrected chi connectivity index (χ2v) is 5.18. The Morgan fingerprint density at radius 2 is 2.06 bits per heavy atom. The van der Waals surface area contributed by atoms with E-state index in [0.29, 0.717) is 0 Å². The molecule has 1 aromatic rings. The molecule has 1 fully saturated rings. The molecular weight excluding hydrogens is 225 g/mol. The van der Waals surface area contributed by atoms with Gasteiger partial charge in [0.1, 0.15) is 5.82 Å². The molecule has 0 spiro atoms. The number of thioether (sulfide) groups is 1. The van der Waals surface area contributed by atoms with Crippen molar-refractivity contribution in [2.75, 3.05) is 11.5 Å². The summed E-state index contributed by atoms with van der Waals surface area (Å²) >= 11 is 1.90. The monoisotopic (exact) mass is 239 g/mol. The lowest BCUT2D eigenvalue weighted by atomic mass is 9.89. The first-order chi connectivity index (χ1) is 7.70. The topological polar surface area (TPSA) is 43.1 Å². The Balaban J connectivity index is 2.38. The smallest absolute Gasteiger partial charge is 0.251 e. The highest BCUT2D eigenvalue weighted by Gasteiger charge is 2.22. The zero-order valence-electron chi connectivity index (χ0n) is 8.91. The van der Waals surface area contributed by atoms with Crippen molar-refractivity contribution in [1.29, 1.82) is 0 Å². The van der Waals surface area contributed by atoms with Crippen LogP contribution in [0.1, 0.15) is 34.7 Å². The molecule has 0 aromatic heterocycles. The van der Waals surface area contributed by atoms with E-state index in [0.717, 1.165) is 29.9 Å². The van der Waals surface area contributed by atoms with E-state index in [1.807, 2.05) is 17.8 Å². The minimum absolute atomic E-state index is 0.0828. The zero-order chi connectivity index (χ0) is 11.5.